The topological polar surface area (TPSA) is 85.8 Å². The van der Waals surface area contributed by atoms with Gasteiger partial charge in [-0.05, 0) is 49.4 Å². The van der Waals surface area contributed by atoms with Crippen LogP contribution in [-0.2, 0) is 9.59 Å². The van der Waals surface area contributed by atoms with Gasteiger partial charge in [-0.3, -0.25) is 14.5 Å². The predicted molar refractivity (Wildman–Crippen MR) is 125 cm³/mol. The number of carbonyl (C=O) groups is 2. The monoisotopic (exact) mass is 456 g/mol. The van der Waals surface area contributed by atoms with Gasteiger partial charge in [0.1, 0.15) is 12.4 Å². The van der Waals surface area contributed by atoms with Crippen LogP contribution in [0.4, 0.5) is 11.5 Å². The molecule has 3 aliphatic rings. The van der Waals surface area contributed by atoms with E-state index < -0.39 is 12.5 Å². The highest BCUT2D eigenvalue weighted by molar-refractivity contribution is 6.35. The van der Waals surface area contributed by atoms with Crippen molar-refractivity contribution in [2.24, 2.45) is 5.92 Å². The van der Waals surface area contributed by atoms with Gasteiger partial charge in [0.25, 0.3) is 0 Å². The normalized spacial score (nSPS) is 23.1. The molecule has 0 spiro atoms. The number of rotatable bonds is 6. The predicted octanol–water partition coefficient (Wildman–Crippen LogP) is 3.83. The smallest absolute Gasteiger partial charge is 0.323 e. The van der Waals surface area contributed by atoms with Crippen LogP contribution in [0.2, 0.25) is 5.02 Å². The first-order valence-corrected chi connectivity index (χ1v) is 12.0. The fraction of sp³-hybridized carbons (Fsp3) is 0.542. The molecule has 0 unspecified atom stereocenters. The molecular weight excluding hydrogens is 428 g/mol. The summed E-state index contributed by atoms with van der Waals surface area (Å²) < 4.78 is 0. The number of benzene rings is 1. The van der Waals surface area contributed by atoms with Crippen LogP contribution in [0.3, 0.4) is 0 Å². The van der Waals surface area contributed by atoms with Gasteiger partial charge in [0, 0.05) is 37.0 Å². The number of anilines is 2. The highest BCUT2D eigenvalue weighted by Gasteiger charge is 2.38. The first kappa shape index (κ1) is 21.5. The van der Waals surface area contributed by atoms with E-state index >= 15 is 0 Å². The number of carbonyl (C=O) groups excluding carboxylic acids is 1. The number of amides is 1. The molecule has 2 N–H and O–H groups in total. The lowest BCUT2D eigenvalue weighted by Gasteiger charge is -2.29. The molecule has 0 radical (unpaired) electrons. The summed E-state index contributed by atoms with van der Waals surface area (Å²) in [5.74, 6) is -0.00995. The minimum absolute atomic E-state index is 0.180. The molecule has 2 aromatic rings. The minimum atomic E-state index is -1.06. The number of nitrogens with one attached hydrogen (secondary N) is 1. The molecule has 1 aromatic carbocycles. The third-order valence-corrected chi connectivity index (χ3v) is 7.49. The third kappa shape index (κ3) is 4.16. The lowest BCUT2D eigenvalue weighted by molar-refractivity contribution is -0.136. The maximum Gasteiger partial charge on any atom is 0.323 e. The summed E-state index contributed by atoms with van der Waals surface area (Å²) in [5.41, 5.74) is 1.18. The Bertz CT molecular complexity index is 1040. The Kier molecular flexibility index (Phi) is 5.95. The van der Waals surface area contributed by atoms with Crippen molar-refractivity contribution >= 4 is 45.9 Å². The number of carboxylic acid groups (broad SMARTS) is 1. The van der Waals surface area contributed by atoms with Gasteiger partial charge in [-0.25, -0.2) is 4.98 Å². The summed E-state index contributed by atoms with van der Waals surface area (Å²) >= 11 is 6.55. The Labute approximate surface area is 192 Å². The van der Waals surface area contributed by atoms with Gasteiger partial charge < -0.3 is 15.3 Å². The first-order chi connectivity index (χ1) is 15.5. The second-order valence-electron chi connectivity index (χ2n) is 9.36. The van der Waals surface area contributed by atoms with Crippen molar-refractivity contribution < 1.29 is 14.7 Å². The summed E-state index contributed by atoms with van der Waals surface area (Å²) in [6.45, 7) is 1.50. The van der Waals surface area contributed by atoms with Crippen LogP contribution in [0, 0.1) is 5.92 Å². The first-order valence-electron chi connectivity index (χ1n) is 11.6. The van der Waals surface area contributed by atoms with Crippen LogP contribution in [0.5, 0.6) is 0 Å². The quantitative estimate of drug-likeness (QED) is 0.687. The van der Waals surface area contributed by atoms with Gasteiger partial charge in [0.15, 0.2) is 0 Å². The Balaban J connectivity index is 1.48. The number of pyridine rings is 1. The second-order valence-corrected chi connectivity index (χ2v) is 9.77. The van der Waals surface area contributed by atoms with Gasteiger partial charge in [0.05, 0.1) is 16.2 Å². The molecule has 5 rings (SSSR count). The fourth-order valence-corrected chi connectivity index (χ4v) is 5.87. The maximum atomic E-state index is 13.3. The number of halogens is 1. The molecule has 32 heavy (non-hydrogen) atoms. The molecule has 3 heterocycles. The molecule has 2 aliphatic heterocycles. The zero-order valence-corrected chi connectivity index (χ0v) is 18.9. The van der Waals surface area contributed by atoms with E-state index in [9.17, 15) is 14.7 Å². The van der Waals surface area contributed by atoms with Crippen molar-refractivity contribution in [1.29, 1.82) is 0 Å². The van der Waals surface area contributed by atoms with Gasteiger partial charge in [0.2, 0.25) is 5.91 Å². The summed E-state index contributed by atoms with van der Waals surface area (Å²) in [5, 5.41) is 14.1. The molecular formula is C24H29ClN4O3. The van der Waals surface area contributed by atoms with E-state index in [1.807, 2.05) is 18.2 Å². The zero-order valence-electron chi connectivity index (χ0n) is 18.1. The van der Waals surface area contributed by atoms with Crippen molar-refractivity contribution in [1.82, 2.24) is 10.3 Å². The van der Waals surface area contributed by atoms with Crippen molar-refractivity contribution in [2.75, 3.05) is 29.4 Å². The van der Waals surface area contributed by atoms with E-state index in [0.717, 1.165) is 56.5 Å². The zero-order chi connectivity index (χ0) is 22.2. The van der Waals surface area contributed by atoms with Gasteiger partial charge in [-0.2, -0.15) is 0 Å². The van der Waals surface area contributed by atoms with E-state index in [4.69, 9.17) is 16.6 Å². The van der Waals surface area contributed by atoms with Crippen LogP contribution in [0.1, 0.15) is 44.9 Å². The number of nitrogens with zero attached hydrogens (tertiary/aromatic N) is 3. The number of aliphatic carboxylic acids is 1. The molecule has 1 aliphatic carbocycles. The number of fused-ring (bicyclic) bond motifs is 3. The maximum absolute atomic E-state index is 13.3. The third-order valence-electron chi connectivity index (χ3n) is 7.18. The molecule has 2 atom stereocenters. The van der Waals surface area contributed by atoms with Crippen LogP contribution in [0.15, 0.2) is 24.3 Å². The molecule has 1 aromatic heterocycles. The van der Waals surface area contributed by atoms with Crippen LogP contribution < -0.4 is 15.1 Å². The van der Waals surface area contributed by atoms with Crippen molar-refractivity contribution in [3.05, 3.63) is 29.3 Å². The Morgan fingerprint density at radius 2 is 2.00 bits per heavy atom. The average molecular weight is 457 g/mol. The molecule has 1 saturated carbocycles. The summed E-state index contributed by atoms with van der Waals surface area (Å²) in [6.07, 6.45) is 7.00. The van der Waals surface area contributed by atoms with E-state index in [1.165, 1.54) is 11.3 Å². The number of carboxylic acids is 1. The van der Waals surface area contributed by atoms with Crippen LogP contribution in [0.25, 0.3) is 10.9 Å². The molecule has 3 fully saturated rings. The molecule has 8 heteroatoms. The molecule has 7 nitrogen and oxygen atoms in total. The van der Waals surface area contributed by atoms with Gasteiger partial charge in [-0.1, -0.05) is 30.9 Å². The molecule has 1 amide bonds. The summed E-state index contributed by atoms with van der Waals surface area (Å²) in [4.78, 5) is 33.5. The standard InChI is InChI=1S/C24H29ClN4O3/c25-19-7-8-20-18(6-9-21(27-20)28-13-16-11-17(28)12-26-16)24(19)29(14-23(31)32)22(30)10-15-4-2-1-3-5-15/h6-9,15-17,26H,1-5,10-14H2,(H,31,32)/t16-,17-/m0/s1. The minimum Gasteiger partial charge on any atom is -0.480 e. The molecule has 170 valence electrons. The van der Waals surface area contributed by atoms with E-state index in [1.54, 1.807) is 6.07 Å². The number of piperazine rings is 1. The van der Waals surface area contributed by atoms with Crippen LogP contribution >= 0.6 is 11.6 Å². The summed E-state index contributed by atoms with van der Waals surface area (Å²) in [6, 6.07) is 8.44. The number of hydrogen-bond acceptors (Lipinski definition) is 5. The molecule has 2 saturated heterocycles. The van der Waals surface area contributed by atoms with Gasteiger partial charge >= 0.3 is 5.97 Å². The van der Waals surface area contributed by atoms with Crippen molar-refractivity contribution in [3.63, 3.8) is 0 Å². The Morgan fingerprint density at radius 1 is 1.19 bits per heavy atom. The fourth-order valence-electron chi connectivity index (χ4n) is 5.60. The van der Waals surface area contributed by atoms with Gasteiger partial charge in [-0.15, -0.1) is 0 Å². The number of aromatic nitrogens is 1. The lowest BCUT2D eigenvalue weighted by atomic mass is 9.86. The van der Waals surface area contributed by atoms with Crippen molar-refractivity contribution in [2.45, 2.75) is 57.0 Å². The second kappa shape index (κ2) is 8.87. The highest BCUT2D eigenvalue weighted by atomic mass is 35.5. The Hall–Kier alpha value is -2.38. The SMILES string of the molecule is O=C(O)CN(C(=O)CC1CCCCC1)c1c(Cl)ccc2nc(N3C[C@@H]4C[C@H]3CN4)ccc12. The Morgan fingerprint density at radius 3 is 2.69 bits per heavy atom. The highest BCUT2D eigenvalue weighted by Crippen LogP contribution is 2.37. The lowest BCUT2D eigenvalue weighted by Crippen LogP contribution is -2.44. The van der Waals surface area contributed by atoms with Crippen LogP contribution in [-0.4, -0.2) is 53.7 Å². The van der Waals surface area contributed by atoms with E-state index in [2.05, 4.69) is 10.2 Å². The average Bonchev–Trinajstić information content (AvgIpc) is 3.42. The molecule has 2 bridgehead atoms. The number of hydrogen-bond donors (Lipinski definition) is 2. The summed E-state index contributed by atoms with van der Waals surface area (Å²) in [7, 11) is 0. The van der Waals surface area contributed by atoms with E-state index in [0.29, 0.717) is 40.5 Å². The van der Waals surface area contributed by atoms with Crippen molar-refractivity contribution in [3.8, 4) is 0 Å². The largest absolute Gasteiger partial charge is 0.480 e. The van der Waals surface area contributed by atoms with E-state index in [-0.39, 0.29) is 5.91 Å².